The lowest BCUT2D eigenvalue weighted by Gasteiger charge is -2.14. The number of hydrogen-bond acceptors (Lipinski definition) is 1. The average Bonchev–Trinajstić information content (AvgIpc) is 2.62. The summed E-state index contributed by atoms with van der Waals surface area (Å²) in [6, 6.07) is 0. The summed E-state index contributed by atoms with van der Waals surface area (Å²) in [7, 11) is 0. The first kappa shape index (κ1) is 5.84. The van der Waals surface area contributed by atoms with Gasteiger partial charge in [0.1, 0.15) is 0 Å². The summed E-state index contributed by atoms with van der Waals surface area (Å²) in [5, 5.41) is 0.962. The van der Waals surface area contributed by atoms with Crippen LogP contribution in [-0.2, 0) is 0 Å². The fourth-order valence-electron chi connectivity index (χ4n) is 1.77. The maximum absolute atomic E-state index is 3.88. The van der Waals surface area contributed by atoms with Crippen molar-refractivity contribution in [2.45, 2.75) is 35.7 Å². The van der Waals surface area contributed by atoms with E-state index in [2.05, 4.69) is 24.4 Å². The minimum absolute atomic E-state index is 0.568. The second-order valence-corrected chi connectivity index (χ2v) is 4.58. The molecule has 1 heteroatoms. The highest BCUT2D eigenvalue weighted by Gasteiger charge is 2.53. The van der Waals surface area contributed by atoms with Crippen molar-refractivity contribution in [3.8, 4) is 0 Å². The number of hydrogen-bond donors (Lipinski definition) is 0. The first-order chi connectivity index (χ1) is 4.37. The molecule has 2 fully saturated rings. The molecule has 2 unspecified atom stereocenters. The molecule has 0 aromatic rings. The highest BCUT2D eigenvalue weighted by Crippen LogP contribution is 2.62. The zero-order valence-corrected chi connectivity index (χ0v) is 6.41. The quantitative estimate of drug-likeness (QED) is 0.398. The van der Waals surface area contributed by atoms with Crippen molar-refractivity contribution in [3.63, 3.8) is 0 Å². The fraction of sp³-hybridized carbons (Fsp3) is 0.750. The molecule has 1 heterocycles. The summed E-state index contributed by atoms with van der Waals surface area (Å²) in [6.45, 7) is 3.88. The molecule has 1 aliphatic carbocycles. The van der Waals surface area contributed by atoms with Gasteiger partial charge in [0.15, 0.2) is 0 Å². The van der Waals surface area contributed by atoms with Crippen molar-refractivity contribution in [2.24, 2.45) is 0 Å². The van der Waals surface area contributed by atoms with E-state index in [4.69, 9.17) is 0 Å². The van der Waals surface area contributed by atoms with Crippen LogP contribution in [0.3, 0.4) is 0 Å². The van der Waals surface area contributed by atoms with Crippen LogP contribution in [0.1, 0.15) is 25.7 Å². The monoisotopic (exact) mass is 140 g/mol. The van der Waals surface area contributed by atoms with Crippen LogP contribution < -0.4 is 0 Å². The Morgan fingerprint density at radius 3 is 3.00 bits per heavy atom. The van der Waals surface area contributed by atoms with Gasteiger partial charge < -0.3 is 0 Å². The van der Waals surface area contributed by atoms with E-state index in [1.54, 1.807) is 0 Å². The summed E-state index contributed by atoms with van der Waals surface area (Å²) in [4.78, 5) is 0. The van der Waals surface area contributed by atoms with Gasteiger partial charge in [0.05, 0.1) is 0 Å². The predicted octanol–water partition coefficient (Wildman–Crippen LogP) is 2.60. The summed E-state index contributed by atoms with van der Waals surface area (Å²) in [5.74, 6) is 0. The highest BCUT2D eigenvalue weighted by atomic mass is 32.2. The van der Waals surface area contributed by atoms with Crippen molar-refractivity contribution in [2.75, 3.05) is 0 Å². The van der Waals surface area contributed by atoms with Crippen molar-refractivity contribution in [1.29, 1.82) is 0 Å². The lowest BCUT2D eigenvalue weighted by atomic mass is 9.90. The van der Waals surface area contributed by atoms with Gasteiger partial charge in [0.2, 0.25) is 0 Å². The molecule has 50 valence electrons. The van der Waals surface area contributed by atoms with Gasteiger partial charge in [-0.25, -0.2) is 0 Å². The zero-order chi connectivity index (χ0) is 6.32. The summed E-state index contributed by atoms with van der Waals surface area (Å²) >= 11 is 2.13. The molecule has 2 rings (SSSR count). The third-order valence-corrected chi connectivity index (χ3v) is 4.26. The van der Waals surface area contributed by atoms with E-state index in [-0.39, 0.29) is 0 Å². The second-order valence-electron chi connectivity index (χ2n) is 3.01. The summed E-state index contributed by atoms with van der Waals surface area (Å²) in [5.41, 5.74) is 0. The van der Waals surface area contributed by atoms with E-state index in [0.29, 0.717) is 4.75 Å². The van der Waals surface area contributed by atoms with Gasteiger partial charge in [-0.2, -0.15) is 0 Å². The first-order valence-electron chi connectivity index (χ1n) is 3.69. The van der Waals surface area contributed by atoms with E-state index in [1.807, 2.05) is 0 Å². The van der Waals surface area contributed by atoms with Crippen LogP contribution in [0.25, 0.3) is 0 Å². The van der Waals surface area contributed by atoms with Gasteiger partial charge in [-0.05, 0) is 12.8 Å². The molecule has 2 aliphatic rings. The highest BCUT2D eigenvalue weighted by molar-refractivity contribution is 8.08. The Morgan fingerprint density at radius 2 is 2.44 bits per heavy atom. The maximum atomic E-state index is 3.88. The maximum Gasteiger partial charge on any atom is 0.0458 e. The van der Waals surface area contributed by atoms with E-state index in [1.165, 1.54) is 25.7 Å². The van der Waals surface area contributed by atoms with Gasteiger partial charge in [0, 0.05) is 10.00 Å². The number of rotatable bonds is 1. The molecule has 0 bridgehead atoms. The third-order valence-electron chi connectivity index (χ3n) is 2.48. The molecule has 1 saturated carbocycles. The van der Waals surface area contributed by atoms with Gasteiger partial charge in [-0.15, -0.1) is 18.3 Å². The molecule has 0 amide bonds. The first-order valence-corrected chi connectivity index (χ1v) is 4.57. The molecule has 0 radical (unpaired) electrons. The minimum atomic E-state index is 0.568. The molecule has 9 heavy (non-hydrogen) atoms. The fourth-order valence-corrected chi connectivity index (χ4v) is 3.20. The second kappa shape index (κ2) is 1.79. The van der Waals surface area contributed by atoms with Crippen molar-refractivity contribution < 1.29 is 0 Å². The van der Waals surface area contributed by atoms with Crippen LogP contribution in [0.2, 0.25) is 0 Å². The standard InChI is InChI=1S/C8H12S/c1-2-8-6-4-3-5-7(8)9-8/h2,7H,1,3-6H2. The Balaban J connectivity index is 2.09. The predicted molar refractivity (Wildman–Crippen MR) is 42.8 cm³/mol. The van der Waals surface area contributed by atoms with E-state index in [0.717, 1.165) is 5.25 Å². The molecule has 2 atom stereocenters. The minimum Gasteiger partial charge on any atom is -0.145 e. The molecule has 0 aromatic carbocycles. The van der Waals surface area contributed by atoms with Crippen LogP contribution >= 0.6 is 11.8 Å². The smallest absolute Gasteiger partial charge is 0.0458 e. The van der Waals surface area contributed by atoms with Crippen LogP contribution in [0, 0.1) is 0 Å². The Hall–Kier alpha value is 0.0900. The van der Waals surface area contributed by atoms with Crippen LogP contribution in [-0.4, -0.2) is 10.00 Å². The Morgan fingerprint density at radius 1 is 1.56 bits per heavy atom. The lowest BCUT2D eigenvalue weighted by molar-refractivity contribution is 0.516. The van der Waals surface area contributed by atoms with E-state index >= 15 is 0 Å². The Bertz CT molecular complexity index is 142. The molecular weight excluding hydrogens is 128 g/mol. The van der Waals surface area contributed by atoms with E-state index in [9.17, 15) is 0 Å². The number of fused-ring (bicyclic) bond motifs is 1. The van der Waals surface area contributed by atoms with Crippen molar-refractivity contribution >= 4 is 11.8 Å². The van der Waals surface area contributed by atoms with E-state index < -0.39 is 0 Å². The molecule has 0 nitrogen and oxygen atoms in total. The van der Waals surface area contributed by atoms with Gasteiger partial charge >= 0.3 is 0 Å². The average molecular weight is 140 g/mol. The third kappa shape index (κ3) is 0.743. The van der Waals surface area contributed by atoms with Crippen LogP contribution in [0.4, 0.5) is 0 Å². The van der Waals surface area contributed by atoms with Gasteiger partial charge in [-0.1, -0.05) is 18.9 Å². The number of thioether (sulfide) groups is 1. The van der Waals surface area contributed by atoms with Gasteiger partial charge in [0.25, 0.3) is 0 Å². The topological polar surface area (TPSA) is 0 Å². The Labute approximate surface area is 60.7 Å². The summed E-state index contributed by atoms with van der Waals surface area (Å²) < 4.78 is 0.568. The van der Waals surface area contributed by atoms with Crippen molar-refractivity contribution in [1.82, 2.24) is 0 Å². The molecule has 1 saturated heterocycles. The molecule has 0 aromatic heterocycles. The SMILES string of the molecule is C=CC12CCCCC1S2. The molecule has 1 aliphatic heterocycles. The summed E-state index contributed by atoms with van der Waals surface area (Å²) in [6.07, 6.45) is 7.88. The van der Waals surface area contributed by atoms with Crippen LogP contribution in [0.15, 0.2) is 12.7 Å². The molecule has 0 spiro atoms. The normalized spacial score (nSPS) is 47.8. The Kier molecular flexibility index (Phi) is 1.16. The van der Waals surface area contributed by atoms with Crippen LogP contribution in [0.5, 0.6) is 0 Å². The van der Waals surface area contributed by atoms with Crippen molar-refractivity contribution in [3.05, 3.63) is 12.7 Å². The molecule has 0 N–H and O–H groups in total. The molecular formula is C8H12S. The lowest BCUT2D eigenvalue weighted by Crippen LogP contribution is -2.14. The van der Waals surface area contributed by atoms with Gasteiger partial charge in [-0.3, -0.25) is 0 Å². The zero-order valence-electron chi connectivity index (χ0n) is 5.60. The largest absolute Gasteiger partial charge is 0.145 e.